The summed E-state index contributed by atoms with van der Waals surface area (Å²) in [5.41, 5.74) is 3.96. The highest BCUT2D eigenvalue weighted by molar-refractivity contribution is 5.85. The number of carbonyl (C=O) groups excluding carboxylic acids is 1. The van der Waals surface area contributed by atoms with Gasteiger partial charge in [-0.25, -0.2) is 4.99 Å². The van der Waals surface area contributed by atoms with Gasteiger partial charge >= 0.3 is 0 Å². The zero-order valence-corrected chi connectivity index (χ0v) is 20.0. The number of likely N-dealkylation sites (N-methyl/N-ethyl adjacent to an activating group) is 1. The highest BCUT2D eigenvalue weighted by Gasteiger charge is 2.21. The fourth-order valence-corrected chi connectivity index (χ4v) is 3.82. The van der Waals surface area contributed by atoms with E-state index < -0.39 is 0 Å². The van der Waals surface area contributed by atoms with Crippen LogP contribution in [-0.4, -0.2) is 89.8 Å². The molecular weight excluding hydrogens is 404 g/mol. The van der Waals surface area contributed by atoms with Crippen LogP contribution in [0, 0.1) is 13.8 Å². The largest absolute Gasteiger partial charge is 0.368 e. The van der Waals surface area contributed by atoms with E-state index in [0.29, 0.717) is 6.54 Å². The zero-order chi connectivity index (χ0) is 23.1. The Morgan fingerprint density at radius 2 is 1.94 bits per heavy atom. The molecule has 0 bridgehead atoms. The Kier molecular flexibility index (Phi) is 8.08. The van der Waals surface area contributed by atoms with E-state index in [4.69, 9.17) is 0 Å². The first-order valence-electron chi connectivity index (χ1n) is 11.3. The molecule has 1 saturated heterocycles. The van der Waals surface area contributed by atoms with Gasteiger partial charge in [-0.2, -0.15) is 0 Å². The third-order valence-corrected chi connectivity index (χ3v) is 6.01. The Bertz CT molecular complexity index is 928. The van der Waals surface area contributed by atoms with Crippen LogP contribution in [0.3, 0.4) is 0 Å². The SMILES string of the molecule is CCc1nncn1CCNC(=NCC(=O)N(C)C)N1CCN(c2cccc(C)c2C)CC1. The summed E-state index contributed by atoms with van der Waals surface area (Å²) in [4.78, 5) is 23.0. The summed E-state index contributed by atoms with van der Waals surface area (Å²) < 4.78 is 2.05. The lowest BCUT2D eigenvalue weighted by Gasteiger charge is -2.38. The Balaban J connectivity index is 1.64. The quantitative estimate of drug-likeness (QED) is 0.517. The van der Waals surface area contributed by atoms with Gasteiger partial charge < -0.3 is 24.6 Å². The smallest absolute Gasteiger partial charge is 0.243 e. The Hall–Kier alpha value is -3.10. The lowest BCUT2D eigenvalue weighted by molar-refractivity contribution is -0.127. The molecule has 1 amide bonds. The summed E-state index contributed by atoms with van der Waals surface area (Å²) in [5, 5.41) is 11.6. The molecule has 9 heteroatoms. The first kappa shape index (κ1) is 23.6. The second-order valence-electron chi connectivity index (χ2n) is 8.34. The molecule has 3 rings (SSSR count). The molecule has 0 saturated carbocycles. The number of amides is 1. The number of hydrogen-bond acceptors (Lipinski definition) is 5. The van der Waals surface area contributed by atoms with Crippen LogP contribution in [-0.2, 0) is 17.8 Å². The van der Waals surface area contributed by atoms with Crippen molar-refractivity contribution < 1.29 is 4.79 Å². The minimum atomic E-state index is -0.00889. The average molecular weight is 441 g/mol. The van der Waals surface area contributed by atoms with Crippen LogP contribution in [0.25, 0.3) is 0 Å². The van der Waals surface area contributed by atoms with Crippen LogP contribution < -0.4 is 10.2 Å². The Morgan fingerprint density at radius 1 is 1.19 bits per heavy atom. The van der Waals surface area contributed by atoms with Crippen molar-refractivity contribution in [2.75, 3.05) is 58.3 Å². The van der Waals surface area contributed by atoms with Crippen molar-refractivity contribution >= 4 is 17.6 Å². The number of benzene rings is 1. The fourth-order valence-electron chi connectivity index (χ4n) is 3.82. The van der Waals surface area contributed by atoms with Crippen LogP contribution >= 0.6 is 0 Å². The molecule has 32 heavy (non-hydrogen) atoms. The van der Waals surface area contributed by atoms with Crippen molar-refractivity contribution in [3.05, 3.63) is 41.5 Å². The maximum absolute atomic E-state index is 12.1. The molecule has 1 aromatic heterocycles. The van der Waals surface area contributed by atoms with E-state index in [2.05, 4.69) is 69.3 Å². The van der Waals surface area contributed by atoms with E-state index in [1.54, 1.807) is 25.3 Å². The second kappa shape index (κ2) is 11.0. The minimum Gasteiger partial charge on any atom is -0.368 e. The van der Waals surface area contributed by atoms with Gasteiger partial charge in [0.1, 0.15) is 18.7 Å². The molecule has 2 heterocycles. The molecule has 1 aliphatic heterocycles. The van der Waals surface area contributed by atoms with Gasteiger partial charge in [-0.1, -0.05) is 19.1 Å². The molecule has 0 radical (unpaired) electrons. The van der Waals surface area contributed by atoms with Crippen LogP contribution in [0.5, 0.6) is 0 Å². The summed E-state index contributed by atoms with van der Waals surface area (Å²) in [6, 6.07) is 6.48. The minimum absolute atomic E-state index is 0.00889. The number of aryl methyl sites for hydroxylation is 2. The molecule has 1 aliphatic rings. The van der Waals surface area contributed by atoms with Gasteiger partial charge in [-0.15, -0.1) is 10.2 Å². The fraction of sp³-hybridized carbons (Fsp3) is 0.565. The molecule has 1 fully saturated rings. The van der Waals surface area contributed by atoms with Gasteiger partial charge in [0.25, 0.3) is 0 Å². The average Bonchev–Trinajstić information content (AvgIpc) is 3.25. The third kappa shape index (κ3) is 5.77. The van der Waals surface area contributed by atoms with Crippen molar-refractivity contribution in [3.63, 3.8) is 0 Å². The first-order chi connectivity index (χ1) is 15.4. The van der Waals surface area contributed by atoms with Gasteiger partial charge in [0.2, 0.25) is 5.91 Å². The van der Waals surface area contributed by atoms with E-state index >= 15 is 0 Å². The number of piperazine rings is 1. The van der Waals surface area contributed by atoms with E-state index in [1.807, 2.05) is 4.57 Å². The summed E-state index contributed by atoms with van der Waals surface area (Å²) in [6.45, 7) is 11.5. The van der Waals surface area contributed by atoms with Gasteiger partial charge in [0.15, 0.2) is 5.96 Å². The topological polar surface area (TPSA) is 81.9 Å². The lowest BCUT2D eigenvalue weighted by Crippen LogP contribution is -2.53. The summed E-state index contributed by atoms with van der Waals surface area (Å²) >= 11 is 0. The number of hydrogen-bond donors (Lipinski definition) is 1. The first-order valence-corrected chi connectivity index (χ1v) is 11.3. The predicted octanol–water partition coefficient (Wildman–Crippen LogP) is 1.31. The maximum atomic E-state index is 12.1. The molecule has 174 valence electrons. The lowest BCUT2D eigenvalue weighted by atomic mass is 10.1. The molecular formula is C23H36N8O. The molecule has 1 aromatic carbocycles. The van der Waals surface area contributed by atoms with Crippen LogP contribution in [0.15, 0.2) is 29.5 Å². The summed E-state index contributed by atoms with van der Waals surface area (Å²) in [6.07, 6.45) is 2.61. The van der Waals surface area contributed by atoms with Gasteiger partial charge in [0.05, 0.1) is 0 Å². The molecule has 0 unspecified atom stereocenters. The number of anilines is 1. The molecule has 0 aliphatic carbocycles. The number of rotatable bonds is 7. The van der Waals surface area contributed by atoms with Crippen molar-refractivity contribution in [1.82, 2.24) is 29.9 Å². The van der Waals surface area contributed by atoms with Crippen LogP contribution in [0.1, 0.15) is 23.9 Å². The maximum Gasteiger partial charge on any atom is 0.243 e. The molecule has 9 nitrogen and oxygen atoms in total. The van der Waals surface area contributed by atoms with Gasteiger partial charge in [-0.3, -0.25) is 4.79 Å². The van der Waals surface area contributed by atoms with Gasteiger partial charge in [0, 0.05) is 65.5 Å². The molecule has 1 N–H and O–H groups in total. The summed E-state index contributed by atoms with van der Waals surface area (Å²) in [5.74, 6) is 1.74. The highest BCUT2D eigenvalue weighted by atomic mass is 16.2. The van der Waals surface area contributed by atoms with E-state index in [1.165, 1.54) is 16.8 Å². The van der Waals surface area contributed by atoms with Crippen molar-refractivity contribution in [1.29, 1.82) is 0 Å². The van der Waals surface area contributed by atoms with E-state index in [0.717, 1.165) is 50.9 Å². The second-order valence-corrected chi connectivity index (χ2v) is 8.34. The zero-order valence-electron chi connectivity index (χ0n) is 20.0. The number of nitrogens with one attached hydrogen (secondary N) is 1. The normalized spacial score (nSPS) is 14.6. The Labute approximate surface area is 191 Å². The van der Waals surface area contributed by atoms with E-state index in [9.17, 15) is 4.79 Å². The highest BCUT2D eigenvalue weighted by Crippen LogP contribution is 2.23. The van der Waals surface area contributed by atoms with Gasteiger partial charge in [-0.05, 0) is 31.0 Å². The number of guanidine groups is 1. The van der Waals surface area contributed by atoms with Crippen molar-refractivity contribution in [3.8, 4) is 0 Å². The van der Waals surface area contributed by atoms with Crippen LogP contribution in [0.4, 0.5) is 5.69 Å². The Morgan fingerprint density at radius 3 is 2.62 bits per heavy atom. The third-order valence-electron chi connectivity index (χ3n) is 6.01. The number of nitrogens with zero attached hydrogens (tertiary/aromatic N) is 7. The number of aromatic nitrogens is 3. The van der Waals surface area contributed by atoms with Crippen LogP contribution in [0.2, 0.25) is 0 Å². The van der Waals surface area contributed by atoms with E-state index in [-0.39, 0.29) is 12.5 Å². The molecule has 0 atom stereocenters. The molecule has 0 spiro atoms. The van der Waals surface area contributed by atoms with Crippen molar-refractivity contribution in [2.24, 2.45) is 4.99 Å². The number of aliphatic imine (C=N–C) groups is 1. The standard InChI is InChI=1S/C23H36N8O/c1-6-21-27-26-17-31(21)11-10-24-23(25-16-22(32)28(4)5)30-14-12-29(13-15-30)20-9-7-8-18(2)19(20)3/h7-9,17H,6,10-16H2,1-5H3,(H,24,25). The molecule has 2 aromatic rings. The monoisotopic (exact) mass is 440 g/mol. The predicted molar refractivity (Wildman–Crippen MR) is 128 cm³/mol. The van der Waals surface area contributed by atoms with Crippen molar-refractivity contribution in [2.45, 2.75) is 33.7 Å². The summed E-state index contributed by atoms with van der Waals surface area (Å²) in [7, 11) is 3.51. The number of carbonyl (C=O) groups is 1.